The summed E-state index contributed by atoms with van der Waals surface area (Å²) in [6.45, 7) is 2.23. The van der Waals surface area contributed by atoms with Crippen LogP contribution in [0.25, 0.3) is 0 Å². The second kappa shape index (κ2) is 7.98. The Morgan fingerprint density at radius 1 is 1.26 bits per heavy atom. The lowest BCUT2D eigenvalue weighted by atomic mass is 10.1. The van der Waals surface area contributed by atoms with E-state index in [2.05, 4.69) is 0 Å². The van der Waals surface area contributed by atoms with E-state index in [4.69, 9.17) is 36.3 Å². The largest absolute Gasteiger partial charge is 0.493 e. The summed E-state index contributed by atoms with van der Waals surface area (Å²) < 4.78 is 21.2. The molecule has 8 heteroatoms. The minimum atomic E-state index is -1.08. The molecule has 1 aliphatic rings. The Kier molecular flexibility index (Phi) is 6.00. The molecule has 1 heterocycles. The van der Waals surface area contributed by atoms with Gasteiger partial charge >= 0.3 is 5.97 Å². The number of morpholine rings is 1. The third kappa shape index (κ3) is 4.23. The second-order valence-corrected chi connectivity index (χ2v) is 5.18. The summed E-state index contributed by atoms with van der Waals surface area (Å²) in [5.74, 6) is -0.0969. The normalized spacial score (nSPS) is 14.3. The number of ether oxygens (including phenoxy) is 4. The third-order valence-corrected chi connectivity index (χ3v) is 3.84. The first-order valence-corrected chi connectivity index (χ1v) is 7.45. The Hall–Kier alpha value is -2.06. The van der Waals surface area contributed by atoms with Crippen LogP contribution in [0.2, 0.25) is 0 Å². The number of thiocarbonyl (C=S) groups is 1. The molecule has 1 fully saturated rings. The maximum atomic E-state index is 10.7. The topological polar surface area (TPSA) is 77.5 Å². The maximum Gasteiger partial charge on any atom is 0.341 e. The molecule has 0 spiro atoms. The van der Waals surface area contributed by atoms with Crippen LogP contribution in [-0.4, -0.2) is 68.1 Å². The highest BCUT2D eigenvalue weighted by molar-refractivity contribution is 7.80. The Morgan fingerprint density at radius 3 is 2.30 bits per heavy atom. The van der Waals surface area contributed by atoms with E-state index in [9.17, 15) is 4.79 Å². The third-order valence-electron chi connectivity index (χ3n) is 3.35. The summed E-state index contributed by atoms with van der Waals surface area (Å²) in [5, 5.41) is 8.77. The molecule has 1 aromatic carbocycles. The Labute approximate surface area is 139 Å². The van der Waals surface area contributed by atoms with Crippen molar-refractivity contribution in [2.24, 2.45) is 0 Å². The number of methoxy groups -OCH3 is 2. The number of hydrogen-bond acceptors (Lipinski definition) is 6. The van der Waals surface area contributed by atoms with Gasteiger partial charge in [-0.05, 0) is 12.1 Å². The molecule has 1 N–H and O–H groups in total. The molecule has 1 aromatic rings. The van der Waals surface area contributed by atoms with Crippen molar-refractivity contribution in [1.82, 2.24) is 4.90 Å². The Balaban J connectivity index is 2.30. The van der Waals surface area contributed by atoms with E-state index in [1.54, 1.807) is 12.1 Å². The summed E-state index contributed by atoms with van der Waals surface area (Å²) in [6.07, 6.45) is 0. The van der Waals surface area contributed by atoms with Crippen LogP contribution < -0.4 is 14.2 Å². The van der Waals surface area contributed by atoms with Gasteiger partial charge in [0.25, 0.3) is 0 Å². The van der Waals surface area contributed by atoms with Gasteiger partial charge in [0, 0.05) is 18.7 Å². The van der Waals surface area contributed by atoms with Crippen molar-refractivity contribution in [1.29, 1.82) is 0 Å². The Morgan fingerprint density at radius 2 is 1.83 bits per heavy atom. The molecule has 23 heavy (non-hydrogen) atoms. The van der Waals surface area contributed by atoms with Crippen molar-refractivity contribution in [3.8, 4) is 17.2 Å². The number of hydrogen-bond donors (Lipinski definition) is 1. The zero-order valence-corrected chi connectivity index (χ0v) is 13.9. The molecule has 0 aliphatic carbocycles. The number of nitrogens with zero attached hydrogens (tertiary/aromatic N) is 1. The minimum absolute atomic E-state index is 0.242. The monoisotopic (exact) mass is 341 g/mol. The fourth-order valence-electron chi connectivity index (χ4n) is 2.23. The number of aliphatic carboxylic acids is 1. The molecule has 126 valence electrons. The molecule has 0 saturated carbocycles. The molecule has 0 radical (unpaired) electrons. The molecule has 2 rings (SSSR count). The van der Waals surface area contributed by atoms with Gasteiger partial charge in [0.05, 0.1) is 27.4 Å². The first-order chi connectivity index (χ1) is 11.1. The average molecular weight is 341 g/mol. The van der Waals surface area contributed by atoms with E-state index in [1.807, 2.05) is 4.90 Å². The van der Waals surface area contributed by atoms with E-state index in [0.717, 1.165) is 18.7 Å². The zero-order valence-electron chi connectivity index (χ0n) is 13.0. The van der Waals surface area contributed by atoms with Gasteiger partial charge in [-0.2, -0.15) is 0 Å². The molecule has 1 saturated heterocycles. The van der Waals surface area contributed by atoms with E-state index < -0.39 is 12.6 Å². The van der Waals surface area contributed by atoms with Crippen molar-refractivity contribution in [2.75, 3.05) is 47.1 Å². The predicted octanol–water partition coefficient (Wildman–Crippen LogP) is 1.17. The van der Waals surface area contributed by atoms with Gasteiger partial charge in [0.2, 0.25) is 5.75 Å². The minimum Gasteiger partial charge on any atom is -0.493 e. The van der Waals surface area contributed by atoms with Gasteiger partial charge in [-0.3, -0.25) is 0 Å². The van der Waals surface area contributed by atoms with Gasteiger partial charge in [-0.15, -0.1) is 0 Å². The van der Waals surface area contributed by atoms with Gasteiger partial charge < -0.3 is 29.0 Å². The Bertz CT molecular complexity index is 560. The van der Waals surface area contributed by atoms with Gasteiger partial charge in [-0.1, -0.05) is 12.2 Å². The lowest BCUT2D eigenvalue weighted by molar-refractivity contribution is -0.139. The van der Waals surface area contributed by atoms with Crippen LogP contribution in [0.15, 0.2) is 12.1 Å². The van der Waals surface area contributed by atoms with Crippen LogP contribution >= 0.6 is 12.2 Å². The number of carboxylic acids is 1. The highest BCUT2D eigenvalue weighted by atomic mass is 32.1. The van der Waals surface area contributed by atoms with Crippen LogP contribution in [0.5, 0.6) is 17.2 Å². The van der Waals surface area contributed by atoms with Crippen LogP contribution in [0.3, 0.4) is 0 Å². The smallest absolute Gasteiger partial charge is 0.341 e. The van der Waals surface area contributed by atoms with Crippen LogP contribution in [-0.2, 0) is 9.53 Å². The number of benzene rings is 1. The first-order valence-electron chi connectivity index (χ1n) is 7.04. The molecular formula is C15H19NO6S. The fourth-order valence-corrected chi connectivity index (χ4v) is 2.53. The molecule has 7 nitrogen and oxygen atoms in total. The highest BCUT2D eigenvalue weighted by Gasteiger charge is 2.20. The van der Waals surface area contributed by atoms with Crippen molar-refractivity contribution >= 4 is 23.2 Å². The highest BCUT2D eigenvalue weighted by Crippen LogP contribution is 2.39. The zero-order chi connectivity index (χ0) is 16.8. The molecular weight excluding hydrogens is 322 g/mol. The second-order valence-electron chi connectivity index (χ2n) is 4.80. The number of rotatable bonds is 6. The van der Waals surface area contributed by atoms with Crippen molar-refractivity contribution < 1.29 is 28.8 Å². The number of carboxylic acid groups (broad SMARTS) is 1. The summed E-state index contributed by atoms with van der Waals surface area (Å²) in [5.41, 5.74) is 0.748. The van der Waals surface area contributed by atoms with Crippen molar-refractivity contribution in [2.45, 2.75) is 0 Å². The van der Waals surface area contributed by atoms with Gasteiger partial charge in [0.1, 0.15) is 4.99 Å². The molecule has 1 aliphatic heterocycles. The summed E-state index contributed by atoms with van der Waals surface area (Å²) in [6, 6.07) is 3.44. The van der Waals surface area contributed by atoms with E-state index in [-0.39, 0.29) is 5.75 Å². The standard InChI is InChI=1S/C15H19NO6S/c1-19-11-7-10(15(23)16-3-5-21-6-4-16)8-12(20-2)14(11)22-9-13(17)18/h7-8H,3-6,9H2,1-2H3,(H,17,18). The van der Waals surface area contributed by atoms with E-state index in [1.165, 1.54) is 14.2 Å². The summed E-state index contributed by atoms with van der Waals surface area (Å²) >= 11 is 5.53. The first kappa shape index (κ1) is 17.3. The quantitative estimate of drug-likeness (QED) is 0.773. The van der Waals surface area contributed by atoms with Crippen LogP contribution in [0.4, 0.5) is 0 Å². The molecule has 0 atom stereocenters. The predicted molar refractivity (Wildman–Crippen MR) is 86.8 cm³/mol. The SMILES string of the molecule is COc1cc(C(=S)N2CCOCC2)cc(OC)c1OCC(=O)O. The lowest BCUT2D eigenvalue weighted by Crippen LogP contribution is -2.40. The molecule has 0 bridgehead atoms. The van der Waals surface area contributed by atoms with Crippen LogP contribution in [0, 0.1) is 0 Å². The fraction of sp³-hybridized carbons (Fsp3) is 0.467. The lowest BCUT2D eigenvalue weighted by Gasteiger charge is -2.29. The molecule has 0 unspecified atom stereocenters. The maximum absolute atomic E-state index is 10.7. The van der Waals surface area contributed by atoms with E-state index >= 15 is 0 Å². The number of carbonyl (C=O) groups is 1. The average Bonchev–Trinajstić information content (AvgIpc) is 2.59. The molecule has 0 amide bonds. The summed E-state index contributed by atoms with van der Waals surface area (Å²) in [4.78, 5) is 13.4. The van der Waals surface area contributed by atoms with Crippen molar-refractivity contribution in [3.05, 3.63) is 17.7 Å². The van der Waals surface area contributed by atoms with Crippen LogP contribution in [0.1, 0.15) is 5.56 Å². The van der Waals surface area contributed by atoms with E-state index in [0.29, 0.717) is 29.7 Å². The van der Waals surface area contributed by atoms with Gasteiger partial charge in [0.15, 0.2) is 18.1 Å². The van der Waals surface area contributed by atoms with Crippen molar-refractivity contribution in [3.63, 3.8) is 0 Å². The summed E-state index contributed by atoms with van der Waals surface area (Å²) in [7, 11) is 2.95. The molecule has 0 aromatic heterocycles. The van der Waals surface area contributed by atoms with Gasteiger partial charge in [-0.25, -0.2) is 4.79 Å².